The number of phenols is 1. The zero-order valence-corrected chi connectivity index (χ0v) is 12.3. The molecule has 0 fully saturated rings. The standard InChI is InChI=1S/C10H14O.C4H4O4.ClH/c1-7(2)9-5-4-8(3)6-10(9)11;5-3(6)1-2-4(7)8;/h4-7,11H,1-3H3;1-2H,(H,5,6)(H,7,8);1H/b;2-1-;. The second kappa shape index (κ2) is 9.86. The molecule has 5 nitrogen and oxygen atoms in total. The van der Waals surface area contributed by atoms with E-state index in [1.807, 2.05) is 19.1 Å². The molecule has 3 N–H and O–H groups in total. The molecule has 0 aliphatic rings. The molecule has 1 aromatic carbocycles. The van der Waals surface area contributed by atoms with Gasteiger partial charge in [-0.1, -0.05) is 26.0 Å². The first-order valence-corrected chi connectivity index (χ1v) is 5.67. The Morgan fingerprint density at radius 1 is 1.10 bits per heavy atom. The first kappa shape index (κ1) is 20.3. The molecule has 0 spiro atoms. The number of hydrogen-bond donors (Lipinski definition) is 3. The summed E-state index contributed by atoms with van der Waals surface area (Å²) in [5.74, 6) is -1.70. The molecule has 20 heavy (non-hydrogen) atoms. The molecule has 0 aliphatic heterocycles. The predicted molar refractivity (Wildman–Crippen MR) is 78.6 cm³/mol. The van der Waals surface area contributed by atoms with Gasteiger partial charge in [-0.3, -0.25) is 0 Å². The van der Waals surface area contributed by atoms with Crippen LogP contribution in [0.4, 0.5) is 0 Å². The fourth-order valence-electron chi connectivity index (χ4n) is 1.28. The average molecular weight is 303 g/mol. The molecule has 0 saturated carbocycles. The zero-order valence-electron chi connectivity index (χ0n) is 11.5. The van der Waals surface area contributed by atoms with Crippen LogP contribution >= 0.6 is 12.4 Å². The lowest BCUT2D eigenvalue weighted by Gasteiger charge is -2.07. The molecule has 0 aliphatic carbocycles. The van der Waals surface area contributed by atoms with E-state index in [2.05, 4.69) is 13.8 Å². The molecule has 6 heteroatoms. The van der Waals surface area contributed by atoms with Crippen molar-refractivity contribution in [3.05, 3.63) is 41.5 Å². The summed E-state index contributed by atoms with van der Waals surface area (Å²) in [6, 6.07) is 5.81. The molecular formula is C14H19ClO5. The average Bonchev–Trinajstić information content (AvgIpc) is 2.26. The second-order valence-corrected chi connectivity index (χ2v) is 4.23. The first-order valence-electron chi connectivity index (χ1n) is 5.67. The van der Waals surface area contributed by atoms with Crippen LogP contribution in [0.5, 0.6) is 5.75 Å². The van der Waals surface area contributed by atoms with Gasteiger partial charge in [-0.25, -0.2) is 9.59 Å². The van der Waals surface area contributed by atoms with Crippen molar-refractivity contribution in [1.29, 1.82) is 0 Å². The van der Waals surface area contributed by atoms with Gasteiger partial charge in [0.1, 0.15) is 5.75 Å². The van der Waals surface area contributed by atoms with Gasteiger partial charge < -0.3 is 15.3 Å². The van der Waals surface area contributed by atoms with Crippen LogP contribution in [0.3, 0.4) is 0 Å². The van der Waals surface area contributed by atoms with Crippen LogP contribution in [0.25, 0.3) is 0 Å². The number of rotatable bonds is 3. The Labute approximate surface area is 124 Å². The number of carboxylic acid groups (broad SMARTS) is 2. The van der Waals surface area contributed by atoms with Crippen molar-refractivity contribution < 1.29 is 24.9 Å². The van der Waals surface area contributed by atoms with E-state index >= 15 is 0 Å². The molecule has 1 aromatic rings. The van der Waals surface area contributed by atoms with Crippen molar-refractivity contribution >= 4 is 24.3 Å². The molecule has 0 amide bonds. The SMILES string of the molecule is Cc1ccc(C(C)C)c(O)c1.Cl.O=C(O)/C=C\C(=O)O. The normalized spacial score (nSPS) is 9.60. The first-order chi connectivity index (χ1) is 8.73. The third kappa shape index (κ3) is 8.99. The van der Waals surface area contributed by atoms with Crippen molar-refractivity contribution in [2.24, 2.45) is 0 Å². The van der Waals surface area contributed by atoms with Gasteiger partial charge in [0.2, 0.25) is 0 Å². The number of aryl methyl sites for hydroxylation is 1. The summed E-state index contributed by atoms with van der Waals surface area (Å²) in [4.78, 5) is 19.1. The minimum Gasteiger partial charge on any atom is -0.508 e. The third-order valence-electron chi connectivity index (χ3n) is 2.18. The number of hydrogen-bond acceptors (Lipinski definition) is 3. The van der Waals surface area contributed by atoms with Gasteiger partial charge in [0.25, 0.3) is 0 Å². The maximum Gasteiger partial charge on any atom is 0.328 e. The summed E-state index contributed by atoms with van der Waals surface area (Å²) < 4.78 is 0. The Bertz CT molecular complexity index is 464. The Morgan fingerprint density at radius 3 is 1.85 bits per heavy atom. The minimum atomic E-state index is -1.26. The highest BCUT2D eigenvalue weighted by molar-refractivity contribution is 5.89. The molecule has 0 bridgehead atoms. The van der Waals surface area contributed by atoms with Crippen LogP contribution in [-0.2, 0) is 9.59 Å². The van der Waals surface area contributed by atoms with Crippen molar-refractivity contribution in [1.82, 2.24) is 0 Å². The Hall–Kier alpha value is -2.01. The minimum absolute atomic E-state index is 0. The van der Waals surface area contributed by atoms with E-state index in [1.54, 1.807) is 6.07 Å². The monoisotopic (exact) mass is 302 g/mol. The molecule has 1 rings (SSSR count). The summed E-state index contributed by atoms with van der Waals surface area (Å²) in [6.07, 6.45) is 1.12. The summed E-state index contributed by atoms with van der Waals surface area (Å²) in [5.41, 5.74) is 2.13. The molecule has 0 aromatic heterocycles. The number of aliphatic carboxylic acids is 2. The van der Waals surface area contributed by atoms with Crippen LogP contribution in [0.15, 0.2) is 30.4 Å². The summed E-state index contributed by atoms with van der Waals surface area (Å²) in [7, 11) is 0. The van der Waals surface area contributed by atoms with E-state index in [0.717, 1.165) is 11.1 Å². The van der Waals surface area contributed by atoms with Crippen LogP contribution in [0, 0.1) is 6.92 Å². The zero-order chi connectivity index (χ0) is 15.0. The maximum absolute atomic E-state index is 9.55. The number of carbonyl (C=O) groups is 2. The van der Waals surface area contributed by atoms with Gasteiger partial charge in [-0.15, -0.1) is 12.4 Å². The number of benzene rings is 1. The number of phenolic OH excluding ortho intramolecular Hbond substituents is 1. The Morgan fingerprint density at radius 2 is 1.55 bits per heavy atom. The lowest BCUT2D eigenvalue weighted by molar-refractivity contribution is -0.134. The Balaban J connectivity index is 0. The predicted octanol–water partition coefficient (Wildman–Crippen LogP) is 2.96. The lowest BCUT2D eigenvalue weighted by atomic mass is 10.0. The largest absolute Gasteiger partial charge is 0.508 e. The highest BCUT2D eigenvalue weighted by Crippen LogP contribution is 2.25. The van der Waals surface area contributed by atoms with Crippen LogP contribution in [0.2, 0.25) is 0 Å². The van der Waals surface area contributed by atoms with Crippen LogP contribution in [0.1, 0.15) is 30.9 Å². The van der Waals surface area contributed by atoms with Crippen LogP contribution in [-0.4, -0.2) is 27.3 Å². The topological polar surface area (TPSA) is 94.8 Å². The molecule has 0 radical (unpaired) electrons. The van der Waals surface area contributed by atoms with Crippen LogP contribution < -0.4 is 0 Å². The fraction of sp³-hybridized carbons (Fsp3) is 0.286. The molecule has 0 unspecified atom stereocenters. The fourth-order valence-corrected chi connectivity index (χ4v) is 1.28. The molecule has 0 atom stereocenters. The quantitative estimate of drug-likeness (QED) is 0.746. The van der Waals surface area contributed by atoms with Gasteiger partial charge in [0.05, 0.1) is 0 Å². The van der Waals surface area contributed by atoms with Crippen molar-refractivity contribution in [3.63, 3.8) is 0 Å². The van der Waals surface area contributed by atoms with Gasteiger partial charge >= 0.3 is 11.9 Å². The van der Waals surface area contributed by atoms with Crippen molar-refractivity contribution in [2.75, 3.05) is 0 Å². The van der Waals surface area contributed by atoms with Gasteiger partial charge in [-0.2, -0.15) is 0 Å². The third-order valence-corrected chi connectivity index (χ3v) is 2.18. The molecular weight excluding hydrogens is 284 g/mol. The summed E-state index contributed by atoms with van der Waals surface area (Å²) in [6.45, 7) is 6.12. The summed E-state index contributed by atoms with van der Waals surface area (Å²) >= 11 is 0. The summed E-state index contributed by atoms with van der Waals surface area (Å²) in [5, 5.41) is 25.1. The lowest BCUT2D eigenvalue weighted by Crippen LogP contribution is -1.91. The number of halogens is 1. The highest BCUT2D eigenvalue weighted by Gasteiger charge is 2.03. The van der Waals surface area contributed by atoms with E-state index < -0.39 is 11.9 Å². The molecule has 0 saturated heterocycles. The maximum atomic E-state index is 9.55. The van der Waals surface area contributed by atoms with Gasteiger partial charge in [0, 0.05) is 12.2 Å². The van der Waals surface area contributed by atoms with E-state index in [9.17, 15) is 14.7 Å². The van der Waals surface area contributed by atoms with Gasteiger partial charge in [-0.05, 0) is 30.0 Å². The van der Waals surface area contributed by atoms with E-state index in [0.29, 0.717) is 23.8 Å². The Kier molecular flexibility index (Phi) is 10.0. The van der Waals surface area contributed by atoms with Gasteiger partial charge in [0.15, 0.2) is 0 Å². The molecule has 0 heterocycles. The number of carboxylic acids is 2. The smallest absolute Gasteiger partial charge is 0.328 e. The number of aromatic hydroxyl groups is 1. The van der Waals surface area contributed by atoms with Crippen molar-refractivity contribution in [2.45, 2.75) is 26.7 Å². The van der Waals surface area contributed by atoms with E-state index in [1.165, 1.54) is 0 Å². The van der Waals surface area contributed by atoms with Crippen molar-refractivity contribution in [3.8, 4) is 5.75 Å². The molecule has 112 valence electrons. The van der Waals surface area contributed by atoms with E-state index in [4.69, 9.17) is 10.2 Å². The highest BCUT2D eigenvalue weighted by atomic mass is 35.5. The van der Waals surface area contributed by atoms with E-state index in [-0.39, 0.29) is 12.4 Å². The second-order valence-electron chi connectivity index (χ2n) is 4.23.